The van der Waals surface area contributed by atoms with Crippen molar-refractivity contribution >= 4 is 5.82 Å². The van der Waals surface area contributed by atoms with Gasteiger partial charge in [-0.15, -0.1) is 0 Å². The molecule has 1 aliphatic rings. The van der Waals surface area contributed by atoms with Crippen LogP contribution in [-0.4, -0.2) is 24.9 Å². The van der Waals surface area contributed by atoms with Gasteiger partial charge in [0.25, 0.3) is 0 Å². The summed E-state index contributed by atoms with van der Waals surface area (Å²) in [6.07, 6.45) is 1.09. The van der Waals surface area contributed by atoms with Crippen LogP contribution in [0, 0.1) is 6.92 Å². The lowest BCUT2D eigenvalue weighted by molar-refractivity contribution is 0.106. The van der Waals surface area contributed by atoms with E-state index in [1.165, 1.54) is 0 Å². The number of nitrogens with zero attached hydrogens (tertiary/aromatic N) is 2. The second-order valence-electron chi connectivity index (χ2n) is 3.29. The molecule has 0 amide bonds. The molecule has 1 aromatic rings. The highest BCUT2D eigenvalue weighted by molar-refractivity contribution is 5.38. The summed E-state index contributed by atoms with van der Waals surface area (Å²) < 4.78 is 5.36. The molecular weight excluding hydrogens is 164 g/mol. The lowest BCUT2D eigenvalue weighted by Crippen LogP contribution is -2.33. The molecule has 0 N–H and O–H groups in total. The van der Waals surface area contributed by atoms with Crippen LogP contribution in [0.25, 0.3) is 0 Å². The molecule has 0 saturated carbocycles. The van der Waals surface area contributed by atoms with Crippen LogP contribution in [0.1, 0.15) is 12.1 Å². The van der Waals surface area contributed by atoms with Crippen LogP contribution in [0.15, 0.2) is 18.2 Å². The van der Waals surface area contributed by atoms with Gasteiger partial charge in [0.2, 0.25) is 0 Å². The maximum absolute atomic E-state index is 5.36. The van der Waals surface area contributed by atoms with Crippen molar-refractivity contribution in [2.75, 3.05) is 24.8 Å². The maximum atomic E-state index is 5.36. The van der Waals surface area contributed by atoms with Gasteiger partial charge in [-0.25, -0.2) is 4.98 Å². The summed E-state index contributed by atoms with van der Waals surface area (Å²) >= 11 is 0. The Bertz CT molecular complexity index is 282. The van der Waals surface area contributed by atoms with Crippen LogP contribution in [0.2, 0.25) is 0 Å². The Labute approximate surface area is 78.3 Å². The van der Waals surface area contributed by atoms with Crippen molar-refractivity contribution in [3.63, 3.8) is 0 Å². The fourth-order valence-electron chi connectivity index (χ4n) is 1.48. The van der Waals surface area contributed by atoms with Gasteiger partial charge in [-0.1, -0.05) is 6.07 Å². The summed E-state index contributed by atoms with van der Waals surface area (Å²) in [4.78, 5) is 6.61. The molecule has 0 bridgehead atoms. The Morgan fingerprint density at radius 3 is 3.08 bits per heavy atom. The maximum Gasteiger partial charge on any atom is 0.130 e. The van der Waals surface area contributed by atoms with Gasteiger partial charge in [0.05, 0.1) is 6.61 Å². The van der Waals surface area contributed by atoms with Crippen LogP contribution in [-0.2, 0) is 4.74 Å². The number of aryl methyl sites for hydroxylation is 1. The van der Waals surface area contributed by atoms with Gasteiger partial charge in [-0.05, 0) is 25.5 Å². The van der Waals surface area contributed by atoms with Crippen molar-refractivity contribution < 1.29 is 4.74 Å². The zero-order chi connectivity index (χ0) is 9.10. The van der Waals surface area contributed by atoms with Gasteiger partial charge in [0, 0.05) is 12.2 Å². The molecule has 70 valence electrons. The topological polar surface area (TPSA) is 25.4 Å². The quantitative estimate of drug-likeness (QED) is 0.652. The normalized spacial score (nSPS) is 17.5. The zero-order valence-electron chi connectivity index (χ0n) is 7.86. The molecule has 0 unspecified atom stereocenters. The van der Waals surface area contributed by atoms with Crippen molar-refractivity contribution in [2.24, 2.45) is 0 Å². The first kappa shape index (κ1) is 8.51. The minimum Gasteiger partial charge on any atom is -0.361 e. The molecule has 0 radical (unpaired) electrons. The van der Waals surface area contributed by atoms with E-state index >= 15 is 0 Å². The molecular formula is C10H14N2O. The average Bonchev–Trinajstić information content (AvgIpc) is 2.19. The summed E-state index contributed by atoms with van der Waals surface area (Å²) in [7, 11) is 0. The largest absolute Gasteiger partial charge is 0.361 e. The number of ether oxygens (including phenoxy) is 1. The third kappa shape index (κ3) is 1.98. The number of rotatable bonds is 1. The standard InChI is InChI=1S/C10H14N2O/c1-9-4-2-5-10(11-9)12-6-3-7-13-8-12/h2,4-5H,3,6-8H2,1H3. The Hall–Kier alpha value is -1.09. The summed E-state index contributed by atoms with van der Waals surface area (Å²) in [6.45, 7) is 4.61. The summed E-state index contributed by atoms with van der Waals surface area (Å²) in [6, 6.07) is 6.07. The Kier molecular flexibility index (Phi) is 2.45. The minimum absolute atomic E-state index is 0.677. The number of hydrogen-bond donors (Lipinski definition) is 0. The monoisotopic (exact) mass is 178 g/mol. The summed E-state index contributed by atoms with van der Waals surface area (Å²) in [5.41, 5.74) is 1.06. The van der Waals surface area contributed by atoms with Gasteiger partial charge in [-0.2, -0.15) is 0 Å². The van der Waals surface area contributed by atoms with E-state index in [0.29, 0.717) is 6.73 Å². The first-order valence-electron chi connectivity index (χ1n) is 4.62. The van der Waals surface area contributed by atoms with Crippen molar-refractivity contribution in [3.8, 4) is 0 Å². The molecule has 0 atom stereocenters. The third-order valence-electron chi connectivity index (χ3n) is 2.16. The first-order valence-corrected chi connectivity index (χ1v) is 4.62. The molecule has 1 fully saturated rings. The lowest BCUT2D eigenvalue weighted by atomic mass is 10.3. The second-order valence-corrected chi connectivity index (χ2v) is 3.29. The van der Waals surface area contributed by atoms with Crippen LogP contribution in [0.4, 0.5) is 5.82 Å². The van der Waals surface area contributed by atoms with Crippen LogP contribution in [0.5, 0.6) is 0 Å². The van der Waals surface area contributed by atoms with Crippen molar-refractivity contribution in [1.29, 1.82) is 0 Å². The van der Waals surface area contributed by atoms with E-state index in [4.69, 9.17) is 4.74 Å². The molecule has 1 aliphatic heterocycles. The Balaban J connectivity index is 2.14. The number of hydrogen-bond acceptors (Lipinski definition) is 3. The summed E-state index contributed by atoms with van der Waals surface area (Å²) in [5, 5.41) is 0. The van der Waals surface area contributed by atoms with Crippen LogP contribution in [0.3, 0.4) is 0 Å². The number of anilines is 1. The molecule has 3 heteroatoms. The van der Waals surface area contributed by atoms with E-state index in [9.17, 15) is 0 Å². The number of pyridine rings is 1. The van der Waals surface area contributed by atoms with E-state index in [1.807, 2.05) is 25.1 Å². The Morgan fingerprint density at radius 2 is 2.38 bits per heavy atom. The molecule has 3 nitrogen and oxygen atoms in total. The van der Waals surface area contributed by atoms with Gasteiger partial charge < -0.3 is 9.64 Å². The molecule has 2 heterocycles. The smallest absolute Gasteiger partial charge is 0.130 e. The Morgan fingerprint density at radius 1 is 1.46 bits per heavy atom. The van der Waals surface area contributed by atoms with E-state index in [1.54, 1.807) is 0 Å². The second kappa shape index (κ2) is 3.75. The van der Waals surface area contributed by atoms with Crippen molar-refractivity contribution in [2.45, 2.75) is 13.3 Å². The van der Waals surface area contributed by atoms with Crippen LogP contribution >= 0.6 is 0 Å². The highest BCUT2D eigenvalue weighted by atomic mass is 16.5. The molecule has 1 saturated heterocycles. The fraction of sp³-hybridized carbons (Fsp3) is 0.500. The molecule has 1 aromatic heterocycles. The molecule has 0 aromatic carbocycles. The molecule has 0 spiro atoms. The number of aromatic nitrogens is 1. The predicted molar refractivity (Wildman–Crippen MR) is 51.8 cm³/mol. The van der Waals surface area contributed by atoms with E-state index < -0.39 is 0 Å². The summed E-state index contributed by atoms with van der Waals surface area (Å²) in [5.74, 6) is 1.03. The highest BCUT2D eigenvalue weighted by Gasteiger charge is 2.11. The fourth-order valence-corrected chi connectivity index (χ4v) is 1.48. The van der Waals surface area contributed by atoms with E-state index in [0.717, 1.165) is 31.1 Å². The lowest BCUT2D eigenvalue weighted by Gasteiger charge is -2.27. The van der Waals surface area contributed by atoms with Gasteiger partial charge in [0.15, 0.2) is 0 Å². The first-order chi connectivity index (χ1) is 6.36. The molecule has 2 rings (SSSR count). The van der Waals surface area contributed by atoms with Gasteiger partial charge in [0.1, 0.15) is 12.5 Å². The molecule has 0 aliphatic carbocycles. The minimum atomic E-state index is 0.677. The van der Waals surface area contributed by atoms with Crippen molar-refractivity contribution in [3.05, 3.63) is 23.9 Å². The highest BCUT2D eigenvalue weighted by Crippen LogP contribution is 2.13. The van der Waals surface area contributed by atoms with E-state index in [-0.39, 0.29) is 0 Å². The average molecular weight is 178 g/mol. The zero-order valence-corrected chi connectivity index (χ0v) is 7.86. The van der Waals surface area contributed by atoms with Gasteiger partial charge >= 0.3 is 0 Å². The van der Waals surface area contributed by atoms with E-state index in [2.05, 4.69) is 9.88 Å². The SMILES string of the molecule is Cc1cccc(N2CCCOC2)n1. The molecule has 13 heavy (non-hydrogen) atoms. The van der Waals surface area contributed by atoms with Gasteiger partial charge in [-0.3, -0.25) is 0 Å². The predicted octanol–water partition coefficient (Wildman–Crippen LogP) is 1.57. The third-order valence-corrected chi connectivity index (χ3v) is 2.16. The van der Waals surface area contributed by atoms with Crippen molar-refractivity contribution in [1.82, 2.24) is 4.98 Å². The van der Waals surface area contributed by atoms with Crippen LogP contribution < -0.4 is 4.90 Å².